The molecule has 2 rings (SSSR count). The molecule has 0 amide bonds. The molecule has 1 unspecified atom stereocenters. The Labute approximate surface area is 131 Å². The Hall–Kier alpha value is -0.850. The molecule has 0 aliphatic heterocycles. The van der Waals surface area contributed by atoms with Crippen LogP contribution in [0.15, 0.2) is 29.9 Å². The second-order valence-electron chi connectivity index (χ2n) is 4.14. The molecule has 0 aliphatic rings. The van der Waals surface area contributed by atoms with E-state index >= 15 is 0 Å². The van der Waals surface area contributed by atoms with E-state index in [0.717, 1.165) is 4.88 Å². The van der Waals surface area contributed by atoms with Crippen LogP contribution in [0.25, 0.3) is 0 Å². The number of nitrogens with zero attached hydrogens (tertiary/aromatic N) is 1. The summed E-state index contributed by atoms with van der Waals surface area (Å²) in [6, 6.07) is 5.00. The summed E-state index contributed by atoms with van der Waals surface area (Å²) < 4.78 is 5.45. The lowest BCUT2D eigenvalue weighted by molar-refractivity contribution is 0.106. The Morgan fingerprint density at radius 1 is 1.35 bits per heavy atom. The van der Waals surface area contributed by atoms with Gasteiger partial charge in [0.25, 0.3) is 0 Å². The number of ether oxygens (including phenoxy) is 1. The van der Waals surface area contributed by atoms with Gasteiger partial charge in [0.05, 0.1) is 15.6 Å². The zero-order valence-corrected chi connectivity index (χ0v) is 12.9. The number of aliphatic hydroxyl groups is 1. The van der Waals surface area contributed by atoms with Gasteiger partial charge < -0.3 is 15.2 Å². The minimum Gasteiger partial charge on any atom is -0.491 e. The van der Waals surface area contributed by atoms with E-state index in [-0.39, 0.29) is 6.61 Å². The Bertz CT molecular complexity index is 537. The lowest BCUT2D eigenvalue weighted by Crippen LogP contribution is -2.30. The lowest BCUT2D eigenvalue weighted by atomic mass is 10.3. The molecule has 1 aromatic carbocycles. The average molecular weight is 333 g/mol. The second kappa shape index (κ2) is 7.81. The summed E-state index contributed by atoms with van der Waals surface area (Å²) in [6.07, 6.45) is 1.20. The number of aliphatic hydroxyl groups excluding tert-OH is 1. The van der Waals surface area contributed by atoms with Gasteiger partial charge in [-0.2, -0.15) is 0 Å². The minimum absolute atomic E-state index is 0.188. The SMILES string of the molecule is OC(CNCc1cncs1)COc1ccc(Cl)c(Cl)c1. The summed E-state index contributed by atoms with van der Waals surface area (Å²) >= 11 is 13.3. The van der Waals surface area contributed by atoms with E-state index in [1.807, 2.05) is 0 Å². The third-order valence-electron chi connectivity index (χ3n) is 2.50. The molecule has 20 heavy (non-hydrogen) atoms. The topological polar surface area (TPSA) is 54.4 Å². The van der Waals surface area contributed by atoms with Crippen LogP contribution in [-0.4, -0.2) is 29.3 Å². The lowest BCUT2D eigenvalue weighted by Gasteiger charge is -2.13. The van der Waals surface area contributed by atoms with Gasteiger partial charge in [-0.3, -0.25) is 4.98 Å². The van der Waals surface area contributed by atoms with Gasteiger partial charge in [-0.25, -0.2) is 0 Å². The standard InChI is InChI=1S/C13H14Cl2N2O2S/c14-12-2-1-10(3-13(12)15)19-7-9(18)4-16-5-11-6-17-8-20-11/h1-3,6,8-9,16,18H,4-5,7H2. The van der Waals surface area contributed by atoms with Crippen molar-refractivity contribution in [3.63, 3.8) is 0 Å². The van der Waals surface area contributed by atoms with Gasteiger partial charge in [-0.15, -0.1) is 11.3 Å². The van der Waals surface area contributed by atoms with E-state index in [1.165, 1.54) is 0 Å². The Balaban J connectivity index is 1.69. The maximum atomic E-state index is 9.80. The van der Waals surface area contributed by atoms with E-state index in [0.29, 0.717) is 28.9 Å². The highest BCUT2D eigenvalue weighted by Crippen LogP contribution is 2.26. The molecule has 1 atom stereocenters. The van der Waals surface area contributed by atoms with Crippen molar-refractivity contribution in [1.29, 1.82) is 0 Å². The highest BCUT2D eigenvalue weighted by atomic mass is 35.5. The molecule has 0 aliphatic carbocycles. The molecule has 0 saturated heterocycles. The molecular formula is C13H14Cl2N2O2S. The van der Waals surface area contributed by atoms with Crippen LogP contribution in [0, 0.1) is 0 Å². The largest absolute Gasteiger partial charge is 0.491 e. The van der Waals surface area contributed by atoms with Gasteiger partial charge in [0.2, 0.25) is 0 Å². The molecule has 2 N–H and O–H groups in total. The molecule has 1 aromatic heterocycles. The molecule has 1 heterocycles. The first-order chi connectivity index (χ1) is 9.65. The Morgan fingerprint density at radius 2 is 2.20 bits per heavy atom. The molecular weight excluding hydrogens is 319 g/mol. The van der Waals surface area contributed by atoms with E-state index < -0.39 is 6.10 Å². The Morgan fingerprint density at radius 3 is 2.90 bits per heavy atom. The quantitative estimate of drug-likeness (QED) is 0.818. The number of aromatic nitrogens is 1. The van der Waals surface area contributed by atoms with Crippen molar-refractivity contribution in [2.45, 2.75) is 12.6 Å². The second-order valence-corrected chi connectivity index (χ2v) is 5.92. The predicted molar refractivity (Wildman–Crippen MR) is 81.8 cm³/mol. The highest BCUT2D eigenvalue weighted by molar-refractivity contribution is 7.09. The van der Waals surface area contributed by atoms with Crippen LogP contribution in [-0.2, 0) is 6.54 Å². The Kier molecular flexibility index (Phi) is 6.06. The van der Waals surface area contributed by atoms with Gasteiger partial charge in [0.1, 0.15) is 18.5 Å². The molecule has 4 nitrogen and oxygen atoms in total. The zero-order chi connectivity index (χ0) is 14.4. The fraction of sp³-hybridized carbons (Fsp3) is 0.308. The van der Waals surface area contributed by atoms with Crippen molar-refractivity contribution in [3.05, 3.63) is 44.8 Å². The van der Waals surface area contributed by atoms with Gasteiger partial charge in [-0.05, 0) is 12.1 Å². The molecule has 0 spiro atoms. The predicted octanol–water partition coefficient (Wildman–Crippen LogP) is 2.98. The van der Waals surface area contributed by atoms with E-state index in [1.54, 1.807) is 41.2 Å². The summed E-state index contributed by atoms with van der Waals surface area (Å²) in [5.41, 5.74) is 1.78. The number of benzene rings is 1. The van der Waals surface area contributed by atoms with Crippen LogP contribution in [0.2, 0.25) is 10.0 Å². The molecule has 0 saturated carbocycles. The molecule has 7 heteroatoms. The third kappa shape index (κ3) is 4.92. The molecule has 108 valence electrons. The fourth-order valence-corrected chi connectivity index (χ4v) is 2.36. The molecule has 0 radical (unpaired) electrons. The van der Waals surface area contributed by atoms with Gasteiger partial charge in [-0.1, -0.05) is 23.2 Å². The average Bonchev–Trinajstić information content (AvgIpc) is 2.93. The van der Waals surface area contributed by atoms with Crippen molar-refractivity contribution >= 4 is 34.5 Å². The van der Waals surface area contributed by atoms with Gasteiger partial charge >= 0.3 is 0 Å². The molecule has 0 fully saturated rings. The van der Waals surface area contributed by atoms with Crippen LogP contribution in [0.5, 0.6) is 5.75 Å². The summed E-state index contributed by atoms with van der Waals surface area (Å²) in [7, 11) is 0. The fourth-order valence-electron chi connectivity index (χ4n) is 1.51. The smallest absolute Gasteiger partial charge is 0.121 e. The number of hydrogen-bond acceptors (Lipinski definition) is 5. The van der Waals surface area contributed by atoms with E-state index in [9.17, 15) is 5.11 Å². The van der Waals surface area contributed by atoms with Crippen LogP contribution >= 0.6 is 34.5 Å². The van der Waals surface area contributed by atoms with Gasteiger partial charge in [0.15, 0.2) is 0 Å². The van der Waals surface area contributed by atoms with Crippen molar-refractivity contribution < 1.29 is 9.84 Å². The van der Waals surface area contributed by atoms with Crippen LogP contribution in [0.1, 0.15) is 4.88 Å². The minimum atomic E-state index is -0.600. The summed E-state index contributed by atoms with van der Waals surface area (Å²) in [5, 5.41) is 13.9. The van der Waals surface area contributed by atoms with Crippen molar-refractivity contribution in [1.82, 2.24) is 10.3 Å². The number of nitrogens with one attached hydrogen (secondary N) is 1. The van der Waals surface area contributed by atoms with Crippen molar-refractivity contribution in [2.75, 3.05) is 13.2 Å². The molecule has 2 aromatic rings. The highest BCUT2D eigenvalue weighted by Gasteiger charge is 2.06. The number of rotatable bonds is 7. The number of hydrogen-bond donors (Lipinski definition) is 2. The normalized spacial score (nSPS) is 12.3. The monoisotopic (exact) mass is 332 g/mol. The van der Waals surface area contributed by atoms with Crippen LogP contribution in [0.4, 0.5) is 0 Å². The van der Waals surface area contributed by atoms with Crippen molar-refractivity contribution in [3.8, 4) is 5.75 Å². The number of halogens is 2. The van der Waals surface area contributed by atoms with Crippen LogP contribution < -0.4 is 10.1 Å². The van der Waals surface area contributed by atoms with Crippen molar-refractivity contribution in [2.24, 2.45) is 0 Å². The maximum absolute atomic E-state index is 9.80. The third-order valence-corrected chi connectivity index (χ3v) is 4.01. The first kappa shape index (κ1) is 15.5. The van der Waals surface area contributed by atoms with E-state index in [2.05, 4.69) is 10.3 Å². The van der Waals surface area contributed by atoms with Gasteiger partial charge in [0, 0.05) is 30.2 Å². The summed E-state index contributed by atoms with van der Waals surface area (Å²) in [6.45, 7) is 1.32. The number of thiazole rings is 1. The van der Waals surface area contributed by atoms with E-state index in [4.69, 9.17) is 27.9 Å². The first-order valence-electron chi connectivity index (χ1n) is 5.99. The van der Waals surface area contributed by atoms with Crippen LogP contribution in [0.3, 0.4) is 0 Å². The zero-order valence-electron chi connectivity index (χ0n) is 10.6. The summed E-state index contributed by atoms with van der Waals surface area (Å²) in [4.78, 5) is 5.11. The first-order valence-corrected chi connectivity index (χ1v) is 7.62. The molecule has 0 bridgehead atoms. The maximum Gasteiger partial charge on any atom is 0.121 e. The summed E-state index contributed by atoms with van der Waals surface area (Å²) in [5.74, 6) is 0.584.